The van der Waals surface area contributed by atoms with Crippen molar-refractivity contribution in [2.24, 2.45) is 0 Å². The lowest BCUT2D eigenvalue weighted by Gasteiger charge is -2.23. The first kappa shape index (κ1) is 21.2. The van der Waals surface area contributed by atoms with Gasteiger partial charge in [0.1, 0.15) is 26.2 Å². The summed E-state index contributed by atoms with van der Waals surface area (Å²) in [7, 11) is 3.35. The largest absolute Gasteiger partial charge is 0.494 e. The molecule has 1 amide bonds. The van der Waals surface area contributed by atoms with Gasteiger partial charge in [0.15, 0.2) is 18.1 Å². The third-order valence-corrected chi connectivity index (χ3v) is 5.08. The number of likely N-dealkylation sites (N-methyl/N-ethyl adjacent to an activating group) is 1. The van der Waals surface area contributed by atoms with Gasteiger partial charge in [0.25, 0.3) is 5.91 Å². The van der Waals surface area contributed by atoms with Crippen LogP contribution in [0.15, 0.2) is 42.5 Å². The second kappa shape index (κ2) is 10.3. The molecule has 0 saturated carbocycles. The Hall–Kier alpha value is -2.48. The Morgan fingerprint density at radius 1 is 1.17 bits per heavy atom. The van der Waals surface area contributed by atoms with Gasteiger partial charge in [-0.15, -0.1) is 0 Å². The number of halogens is 1. The Morgan fingerprint density at radius 3 is 2.52 bits per heavy atom. The zero-order valence-corrected chi connectivity index (χ0v) is 17.1. The molecule has 1 fully saturated rings. The van der Waals surface area contributed by atoms with Crippen molar-refractivity contribution in [3.05, 3.63) is 59.4 Å². The number of ether oxygens (including phenoxy) is 2. The highest BCUT2D eigenvalue weighted by Crippen LogP contribution is 2.17. The highest BCUT2D eigenvalue weighted by Gasteiger charge is 2.15. The molecule has 3 N–H and O–H groups in total. The maximum absolute atomic E-state index is 13.8. The minimum absolute atomic E-state index is 0.0666. The van der Waals surface area contributed by atoms with Gasteiger partial charge in [-0.1, -0.05) is 12.1 Å². The molecule has 0 aromatic heterocycles. The Balaban J connectivity index is 1.46. The molecular weight excluding hydrogens is 373 g/mol. The van der Waals surface area contributed by atoms with E-state index in [0.717, 1.165) is 49.0 Å². The maximum atomic E-state index is 13.8. The summed E-state index contributed by atoms with van der Waals surface area (Å²) in [6, 6.07) is 12.9. The smallest absolute Gasteiger partial charge is 0.279 e. The summed E-state index contributed by atoms with van der Waals surface area (Å²) in [5.41, 5.74) is 2.87. The zero-order valence-electron chi connectivity index (χ0n) is 17.1. The first-order valence-corrected chi connectivity index (χ1v) is 9.97. The highest BCUT2D eigenvalue weighted by atomic mass is 19.1. The molecule has 0 aliphatic carbocycles. The number of quaternary nitrogens is 2. The lowest BCUT2D eigenvalue weighted by atomic mass is 10.2. The van der Waals surface area contributed by atoms with Gasteiger partial charge in [0.05, 0.1) is 27.4 Å². The molecule has 2 aromatic rings. The number of rotatable bonds is 8. The average molecular weight is 403 g/mol. The minimum Gasteiger partial charge on any atom is -0.494 e. The Bertz CT molecular complexity index is 807. The number of methoxy groups -OCH3 is 1. The minimum atomic E-state index is -0.388. The number of nitrogens with one attached hydrogen (secondary N) is 3. The third kappa shape index (κ3) is 6.52. The second-order valence-corrected chi connectivity index (χ2v) is 7.56. The van der Waals surface area contributed by atoms with Crippen LogP contribution in [-0.4, -0.2) is 52.9 Å². The van der Waals surface area contributed by atoms with Crippen molar-refractivity contribution in [1.82, 2.24) is 0 Å². The number of amides is 1. The number of hydrogen-bond acceptors (Lipinski definition) is 3. The summed E-state index contributed by atoms with van der Waals surface area (Å²) in [4.78, 5) is 14.8. The fourth-order valence-electron chi connectivity index (χ4n) is 3.54. The zero-order chi connectivity index (χ0) is 20.6. The molecule has 1 aliphatic heterocycles. The van der Waals surface area contributed by atoms with Gasteiger partial charge >= 0.3 is 0 Å². The van der Waals surface area contributed by atoms with Gasteiger partial charge in [-0.25, -0.2) is 4.39 Å². The van der Waals surface area contributed by atoms with Gasteiger partial charge < -0.3 is 24.6 Å². The van der Waals surface area contributed by atoms with E-state index >= 15 is 0 Å². The van der Waals surface area contributed by atoms with Crippen LogP contribution in [0.25, 0.3) is 0 Å². The van der Waals surface area contributed by atoms with Crippen LogP contribution in [0.5, 0.6) is 5.75 Å². The van der Waals surface area contributed by atoms with E-state index in [2.05, 4.69) is 17.4 Å². The van der Waals surface area contributed by atoms with Crippen molar-refractivity contribution in [1.29, 1.82) is 0 Å². The van der Waals surface area contributed by atoms with Gasteiger partial charge in [-0.05, 0) is 30.3 Å². The molecule has 6 nitrogen and oxygen atoms in total. The molecule has 0 bridgehead atoms. The standard InChI is InChI=1S/C22H28FN3O3/c1-25(14-18-5-8-21(28-2)20(23)13-18)16-22(27)24-19-6-3-17(4-7-19)15-26-9-11-29-12-10-26/h3-8,13H,9-12,14-16H2,1-2H3,(H,24,27)/p+2. The second-order valence-electron chi connectivity index (χ2n) is 7.56. The quantitative estimate of drug-likeness (QED) is 0.577. The number of carbonyl (C=O) groups excluding carboxylic acids is 1. The van der Waals surface area contributed by atoms with E-state index in [1.807, 2.05) is 25.2 Å². The first-order chi connectivity index (χ1) is 14.0. The van der Waals surface area contributed by atoms with E-state index in [-0.39, 0.29) is 17.5 Å². The fourth-order valence-corrected chi connectivity index (χ4v) is 3.54. The van der Waals surface area contributed by atoms with Gasteiger partial charge in [-0.3, -0.25) is 4.79 Å². The normalized spacial score (nSPS) is 15.7. The molecule has 1 unspecified atom stereocenters. The van der Waals surface area contributed by atoms with Crippen molar-refractivity contribution in [3.63, 3.8) is 0 Å². The van der Waals surface area contributed by atoms with E-state index in [9.17, 15) is 9.18 Å². The lowest BCUT2D eigenvalue weighted by Crippen LogP contribution is -3.12. The monoisotopic (exact) mass is 403 g/mol. The third-order valence-electron chi connectivity index (χ3n) is 5.08. The Morgan fingerprint density at radius 2 is 1.86 bits per heavy atom. The molecule has 29 heavy (non-hydrogen) atoms. The predicted molar refractivity (Wildman–Crippen MR) is 109 cm³/mol. The van der Waals surface area contributed by atoms with E-state index in [1.165, 1.54) is 23.6 Å². The maximum Gasteiger partial charge on any atom is 0.279 e. The number of carbonyl (C=O) groups is 1. The van der Waals surface area contributed by atoms with E-state index in [1.54, 1.807) is 6.07 Å². The van der Waals surface area contributed by atoms with Crippen molar-refractivity contribution in [2.75, 3.05) is 52.3 Å². The van der Waals surface area contributed by atoms with Crippen molar-refractivity contribution in [3.8, 4) is 5.75 Å². The lowest BCUT2D eigenvalue weighted by molar-refractivity contribution is -0.921. The summed E-state index contributed by atoms with van der Waals surface area (Å²) >= 11 is 0. The number of hydrogen-bond donors (Lipinski definition) is 3. The molecule has 3 rings (SSSR count). The van der Waals surface area contributed by atoms with E-state index < -0.39 is 0 Å². The van der Waals surface area contributed by atoms with E-state index in [4.69, 9.17) is 9.47 Å². The SMILES string of the molecule is COc1ccc(C[NH+](C)CC(=O)Nc2ccc(C[NH+]3CCOCC3)cc2)cc1F. The van der Waals surface area contributed by atoms with E-state index in [0.29, 0.717) is 13.1 Å². The molecule has 7 heteroatoms. The average Bonchev–Trinajstić information content (AvgIpc) is 2.70. The van der Waals surface area contributed by atoms with Crippen molar-refractivity contribution >= 4 is 11.6 Å². The number of benzene rings is 2. The van der Waals surface area contributed by atoms with Crippen LogP contribution in [0.2, 0.25) is 0 Å². The molecule has 1 heterocycles. The Labute approximate surface area is 171 Å². The summed E-state index contributed by atoms with van der Waals surface area (Å²) < 4.78 is 24.1. The number of anilines is 1. The van der Waals surface area contributed by atoms with Crippen LogP contribution in [0.3, 0.4) is 0 Å². The molecule has 0 radical (unpaired) electrons. The molecule has 0 spiro atoms. The predicted octanol–water partition coefficient (Wildman–Crippen LogP) is -0.0972. The van der Waals surface area contributed by atoms with Crippen LogP contribution in [0, 0.1) is 5.82 Å². The fraction of sp³-hybridized carbons (Fsp3) is 0.409. The summed E-state index contributed by atoms with van der Waals surface area (Å²) in [5.74, 6) is -0.230. The molecule has 156 valence electrons. The first-order valence-electron chi connectivity index (χ1n) is 9.97. The van der Waals surface area contributed by atoms with Crippen molar-refractivity contribution < 1.29 is 28.5 Å². The summed E-state index contributed by atoms with van der Waals surface area (Å²) in [6.07, 6.45) is 0. The Kier molecular flexibility index (Phi) is 7.57. The van der Waals surface area contributed by atoms with Crippen LogP contribution in [0.1, 0.15) is 11.1 Å². The van der Waals surface area contributed by atoms with Crippen LogP contribution < -0.4 is 19.9 Å². The van der Waals surface area contributed by atoms with Crippen LogP contribution in [0.4, 0.5) is 10.1 Å². The molecule has 1 saturated heterocycles. The topological polar surface area (TPSA) is 56.4 Å². The summed E-state index contributed by atoms with van der Waals surface area (Å²) in [5, 5.41) is 2.94. The van der Waals surface area contributed by atoms with Crippen LogP contribution >= 0.6 is 0 Å². The molecule has 2 aromatic carbocycles. The molecule has 1 aliphatic rings. The highest BCUT2D eigenvalue weighted by molar-refractivity contribution is 5.91. The number of morpholine rings is 1. The van der Waals surface area contributed by atoms with Crippen molar-refractivity contribution in [2.45, 2.75) is 13.1 Å². The van der Waals surface area contributed by atoms with Gasteiger partial charge in [0.2, 0.25) is 0 Å². The molecule has 1 atom stereocenters. The van der Waals surface area contributed by atoms with Gasteiger partial charge in [-0.2, -0.15) is 0 Å². The van der Waals surface area contributed by atoms with Gasteiger partial charge in [0, 0.05) is 16.8 Å². The molecular formula is C22H30FN3O3+2. The van der Waals surface area contributed by atoms with Crippen LogP contribution in [-0.2, 0) is 22.6 Å². The summed E-state index contributed by atoms with van der Waals surface area (Å²) in [6.45, 7) is 5.54.